The van der Waals surface area contributed by atoms with Crippen LogP contribution in [0.1, 0.15) is 11.1 Å². The van der Waals surface area contributed by atoms with E-state index in [1.54, 1.807) is 0 Å². The second-order valence-corrected chi connectivity index (χ2v) is 12.4. The minimum absolute atomic E-state index is 0.240. The van der Waals surface area contributed by atoms with E-state index in [4.69, 9.17) is 9.47 Å². The van der Waals surface area contributed by atoms with E-state index in [0.29, 0.717) is 10.6 Å². The van der Waals surface area contributed by atoms with Crippen LogP contribution in [-0.4, -0.2) is 143 Å². The second kappa shape index (κ2) is 12.0. The van der Waals surface area contributed by atoms with E-state index < -0.39 is 72.1 Å². The predicted octanol–water partition coefficient (Wildman–Crippen LogP) is -4.31. The zero-order valence-electron chi connectivity index (χ0n) is 17.1. The molecule has 8 N–H and O–H groups in total. The first-order valence-electron chi connectivity index (χ1n) is 10.2. The van der Waals surface area contributed by atoms with E-state index in [2.05, 4.69) is 0 Å². The molecule has 2 aliphatic heterocycles. The number of rotatable bonds is 8. The van der Waals surface area contributed by atoms with E-state index in [0.717, 1.165) is 11.1 Å². The number of ether oxygens (including phenoxy) is 2. The van der Waals surface area contributed by atoms with Crippen molar-refractivity contribution in [3.63, 3.8) is 0 Å². The molecule has 0 spiro atoms. The van der Waals surface area contributed by atoms with Crippen molar-refractivity contribution in [2.75, 3.05) is 13.2 Å². The third kappa shape index (κ3) is 6.10. The van der Waals surface area contributed by atoms with Crippen LogP contribution in [0.3, 0.4) is 0 Å². The summed E-state index contributed by atoms with van der Waals surface area (Å²) >= 11 is -0.481. The van der Waals surface area contributed by atoms with Gasteiger partial charge in [-0.05, 0) is 0 Å². The molecule has 0 unspecified atom stereocenters. The van der Waals surface area contributed by atoms with Gasteiger partial charge in [-0.3, -0.25) is 0 Å². The molecule has 0 aliphatic carbocycles. The molecule has 2 saturated heterocycles. The number of hydrogen-bond acceptors (Lipinski definition) is 10. The van der Waals surface area contributed by atoms with Crippen molar-refractivity contribution in [2.45, 2.75) is 69.5 Å². The Morgan fingerprint density at radius 2 is 0.906 bits per heavy atom. The fourth-order valence-electron chi connectivity index (χ4n) is 3.50. The van der Waals surface area contributed by atoms with Gasteiger partial charge in [0.05, 0.1) is 0 Å². The van der Waals surface area contributed by atoms with Gasteiger partial charge in [0.2, 0.25) is 0 Å². The fourth-order valence-corrected chi connectivity index (χ4v) is 8.23. The van der Waals surface area contributed by atoms with E-state index in [9.17, 15) is 40.9 Å². The molecule has 10 nitrogen and oxygen atoms in total. The molecule has 2 heterocycles. The predicted molar refractivity (Wildman–Crippen MR) is 113 cm³/mol. The third-order valence-corrected chi connectivity index (χ3v) is 10.7. The summed E-state index contributed by atoms with van der Waals surface area (Å²) in [5.41, 5.74) is 2.01. The Morgan fingerprint density at radius 1 is 0.562 bits per heavy atom. The Kier molecular flexibility index (Phi) is 9.93. The molecule has 2 fully saturated rings. The molecule has 3 rings (SSSR count). The quantitative estimate of drug-likeness (QED) is 0.139. The molecular weight excluding hydrogens is 558 g/mol. The average molecular weight is 588 g/mol. The van der Waals surface area contributed by atoms with Crippen LogP contribution in [0, 0.1) is 0 Å². The van der Waals surface area contributed by atoms with Crippen molar-refractivity contribution in [2.24, 2.45) is 0 Å². The van der Waals surface area contributed by atoms with Gasteiger partial charge in [-0.2, -0.15) is 0 Å². The molecule has 0 amide bonds. The van der Waals surface area contributed by atoms with Gasteiger partial charge in [0, 0.05) is 0 Å². The summed E-state index contributed by atoms with van der Waals surface area (Å²) in [5, 5.41) is 78.3. The van der Waals surface area contributed by atoms with E-state index in [1.165, 1.54) is 0 Å². The second-order valence-electron chi connectivity index (χ2n) is 7.83. The Balaban J connectivity index is 1.50. The van der Waals surface area contributed by atoms with Crippen LogP contribution in [0.25, 0.3) is 0 Å². The van der Waals surface area contributed by atoms with Gasteiger partial charge in [0.1, 0.15) is 0 Å². The molecule has 12 heteroatoms. The van der Waals surface area contributed by atoms with Gasteiger partial charge >= 0.3 is 198 Å². The molecule has 182 valence electrons. The van der Waals surface area contributed by atoms with Crippen LogP contribution in [0.5, 0.6) is 0 Å². The Morgan fingerprint density at radius 3 is 1.22 bits per heavy atom. The molecule has 10 atom stereocenters. The van der Waals surface area contributed by atoms with Crippen molar-refractivity contribution >= 4 is 29.9 Å². The van der Waals surface area contributed by atoms with Gasteiger partial charge in [0.25, 0.3) is 0 Å². The number of hydrogen-bond donors (Lipinski definition) is 8. The summed E-state index contributed by atoms with van der Waals surface area (Å²) < 4.78 is 11.1. The molecule has 0 aromatic heterocycles. The monoisotopic (exact) mass is 590 g/mol. The van der Waals surface area contributed by atoms with Gasteiger partial charge in [-0.15, -0.1) is 0 Å². The molecule has 1 aromatic rings. The third-order valence-electron chi connectivity index (χ3n) is 5.55. The SMILES string of the molecule is OC[C@H]1O[C@@H]([Se]Cc2ccc(C[Se][C@@H]3O[C@H](CO)[C@H](O)[C@H](O)[C@H]3O)cc2)[C@H](O)[C@@H](O)[C@H]1O. The normalized spacial score (nSPS) is 40.4. The summed E-state index contributed by atoms with van der Waals surface area (Å²) in [4.78, 5) is 0. The van der Waals surface area contributed by atoms with Crippen molar-refractivity contribution in [3.8, 4) is 0 Å². The van der Waals surface area contributed by atoms with Gasteiger partial charge in [-0.25, -0.2) is 0 Å². The molecule has 32 heavy (non-hydrogen) atoms. The zero-order chi connectivity index (χ0) is 23.4. The Hall–Kier alpha value is -0.141. The summed E-state index contributed by atoms with van der Waals surface area (Å²) in [6.07, 6.45) is -9.65. The molecule has 0 saturated carbocycles. The first-order chi connectivity index (χ1) is 15.3. The van der Waals surface area contributed by atoms with Gasteiger partial charge in [-0.1, -0.05) is 0 Å². The maximum absolute atomic E-state index is 10.1. The van der Waals surface area contributed by atoms with E-state index in [1.807, 2.05) is 24.3 Å². The van der Waals surface area contributed by atoms with Crippen molar-refractivity contribution in [1.82, 2.24) is 0 Å². The van der Waals surface area contributed by atoms with Crippen molar-refractivity contribution in [3.05, 3.63) is 35.4 Å². The van der Waals surface area contributed by atoms with Gasteiger partial charge < -0.3 is 0 Å². The Labute approximate surface area is 198 Å². The van der Waals surface area contributed by atoms with Crippen molar-refractivity contribution in [1.29, 1.82) is 0 Å². The van der Waals surface area contributed by atoms with Crippen LogP contribution in [0.2, 0.25) is 0 Å². The van der Waals surface area contributed by atoms with Crippen LogP contribution in [-0.2, 0) is 20.1 Å². The molecular formula is C20H30O10Se2. The Bertz CT molecular complexity index is 647. The standard InChI is InChI=1S/C20H30O10Se2/c21-5-11-13(23)15(25)17(27)19(29-11)31-7-9-1-2-10(4-3-9)8-32-20-18(28)16(26)14(24)12(6-22)30-20/h1-4,11-28H,5-8H2/t11-,12-,13+,14+,15+,16+,17-,18-,19+,20+/m1/s1. The van der Waals surface area contributed by atoms with Crippen LogP contribution >= 0.6 is 0 Å². The van der Waals surface area contributed by atoms with Crippen LogP contribution in [0.15, 0.2) is 24.3 Å². The average Bonchev–Trinajstić information content (AvgIpc) is 2.81. The number of aliphatic hydroxyl groups is 8. The fraction of sp³-hybridized carbons (Fsp3) is 0.700. The molecule has 0 radical (unpaired) electrons. The first-order valence-corrected chi connectivity index (χ1v) is 14.6. The van der Waals surface area contributed by atoms with E-state index >= 15 is 0 Å². The maximum atomic E-state index is 10.1. The summed E-state index contributed by atoms with van der Waals surface area (Å²) in [5.74, 6) is 0. The molecule has 2 aliphatic rings. The first kappa shape index (κ1) is 26.5. The van der Waals surface area contributed by atoms with E-state index in [-0.39, 0.29) is 29.9 Å². The van der Waals surface area contributed by atoms with Gasteiger partial charge in [0.15, 0.2) is 0 Å². The number of aliphatic hydroxyl groups excluding tert-OH is 8. The van der Waals surface area contributed by atoms with Crippen molar-refractivity contribution < 1.29 is 50.3 Å². The minimum atomic E-state index is -1.36. The molecule has 0 bridgehead atoms. The number of benzene rings is 1. The summed E-state index contributed by atoms with van der Waals surface area (Å²) in [7, 11) is 0. The van der Waals surface area contributed by atoms with Crippen LogP contribution < -0.4 is 0 Å². The van der Waals surface area contributed by atoms with Crippen LogP contribution in [0.4, 0.5) is 0 Å². The summed E-state index contributed by atoms with van der Waals surface area (Å²) in [6, 6.07) is 7.74. The molecule has 1 aromatic carbocycles. The topological polar surface area (TPSA) is 180 Å². The summed E-state index contributed by atoms with van der Waals surface area (Å²) in [6.45, 7) is -0.884. The zero-order valence-corrected chi connectivity index (χ0v) is 20.5.